The zero-order chi connectivity index (χ0) is 18.2. The molecule has 0 spiro atoms. The minimum absolute atomic E-state index is 0.0332. The number of benzene rings is 1. The Kier molecular flexibility index (Phi) is 5.20. The van der Waals surface area contributed by atoms with E-state index in [0.29, 0.717) is 18.0 Å². The molecule has 2 fully saturated rings. The molecule has 0 saturated carbocycles. The van der Waals surface area contributed by atoms with E-state index < -0.39 is 15.7 Å². The Hall–Kier alpha value is -1.41. The first kappa shape index (κ1) is 18.4. The number of fused-ring (bicyclic) bond motifs is 1. The van der Waals surface area contributed by atoms with Gasteiger partial charge in [0.1, 0.15) is 5.82 Å². The second kappa shape index (κ2) is 7.07. The van der Waals surface area contributed by atoms with Crippen molar-refractivity contribution in [1.82, 2.24) is 0 Å². The van der Waals surface area contributed by atoms with E-state index in [-0.39, 0.29) is 40.3 Å². The van der Waals surface area contributed by atoms with E-state index in [0.717, 1.165) is 0 Å². The van der Waals surface area contributed by atoms with E-state index in [1.807, 2.05) is 13.8 Å². The van der Waals surface area contributed by atoms with Crippen LogP contribution in [0.4, 0.5) is 10.1 Å². The van der Waals surface area contributed by atoms with Crippen LogP contribution in [0.5, 0.6) is 0 Å². The van der Waals surface area contributed by atoms with Crippen molar-refractivity contribution in [2.75, 3.05) is 16.4 Å². The van der Waals surface area contributed by atoms with E-state index in [4.69, 9.17) is 0 Å². The monoisotopic (exact) mass is 384 g/mol. The average molecular weight is 384 g/mol. The number of para-hydroxylation sites is 1. The molecule has 0 aromatic heterocycles. The molecule has 0 unspecified atom stereocenters. The van der Waals surface area contributed by atoms with Crippen LogP contribution in [0.25, 0.3) is 0 Å². The number of thioether (sulfide) groups is 1. The van der Waals surface area contributed by atoms with Crippen LogP contribution in [-0.4, -0.2) is 42.3 Å². The van der Waals surface area contributed by atoms with Crippen molar-refractivity contribution in [3.8, 4) is 0 Å². The van der Waals surface area contributed by atoms with E-state index in [9.17, 15) is 17.6 Å². The largest absolute Gasteiger partial charge is 0.313 e. The highest BCUT2D eigenvalue weighted by atomic mass is 32.2. The molecule has 2 atom stereocenters. The molecule has 0 bridgehead atoms. The summed E-state index contributed by atoms with van der Waals surface area (Å²) < 4.78 is 38.3. The van der Waals surface area contributed by atoms with Crippen LogP contribution in [-0.2, 0) is 14.6 Å². The fourth-order valence-electron chi connectivity index (χ4n) is 3.32. The first-order chi connectivity index (χ1) is 11.9. The van der Waals surface area contributed by atoms with Gasteiger partial charge in [-0.3, -0.25) is 4.79 Å². The first-order valence-corrected chi connectivity index (χ1v) is 11.1. The summed E-state index contributed by atoms with van der Waals surface area (Å²) in [6.45, 7) is 3.87. The van der Waals surface area contributed by atoms with Crippen molar-refractivity contribution in [3.05, 3.63) is 30.1 Å². The normalized spacial score (nSPS) is 26.4. The van der Waals surface area contributed by atoms with Gasteiger partial charge in [0, 0.05) is 11.2 Å². The number of carbonyl (C=O) groups excluding carboxylic acids is 1. The Labute approximate surface area is 151 Å². The summed E-state index contributed by atoms with van der Waals surface area (Å²) in [6.07, 6.45) is 1.38. The number of amidine groups is 1. The molecule has 2 heterocycles. The minimum atomic E-state index is -3.16. The highest BCUT2D eigenvalue weighted by Crippen LogP contribution is 2.41. The lowest BCUT2D eigenvalue weighted by molar-refractivity contribution is -0.121. The fourth-order valence-corrected chi connectivity index (χ4v) is 7.23. The first-order valence-electron chi connectivity index (χ1n) is 8.39. The van der Waals surface area contributed by atoms with E-state index in [1.165, 1.54) is 17.8 Å². The number of sulfone groups is 1. The van der Waals surface area contributed by atoms with Gasteiger partial charge in [0.2, 0.25) is 0 Å². The van der Waals surface area contributed by atoms with E-state index in [2.05, 4.69) is 4.99 Å². The van der Waals surface area contributed by atoms with Gasteiger partial charge >= 0.3 is 0 Å². The average Bonchev–Trinajstić information content (AvgIpc) is 3.00. The molecule has 0 N–H and O–H groups in total. The molecule has 1 amide bonds. The topological polar surface area (TPSA) is 66.8 Å². The number of halogens is 1. The summed E-state index contributed by atoms with van der Waals surface area (Å²) >= 11 is 1.27. The summed E-state index contributed by atoms with van der Waals surface area (Å²) in [6, 6.07) is 5.81. The molecule has 2 aliphatic heterocycles. The molecule has 25 heavy (non-hydrogen) atoms. The maximum Gasteiger partial charge on any atom is 0.251 e. The molecular formula is C17H21FN2O3S2. The van der Waals surface area contributed by atoms with Gasteiger partial charge in [-0.15, -0.1) is 0 Å². The van der Waals surface area contributed by atoms with Gasteiger partial charge in [0.15, 0.2) is 15.0 Å². The number of nitrogens with zero attached hydrogens (tertiary/aromatic N) is 2. The van der Waals surface area contributed by atoms with Crippen molar-refractivity contribution in [3.63, 3.8) is 0 Å². The third-order valence-electron chi connectivity index (χ3n) is 4.72. The van der Waals surface area contributed by atoms with Crippen molar-refractivity contribution >= 4 is 38.4 Å². The molecule has 8 heteroatoms. The van der Waals surface area contributed by atoms with Gasteiger partial charge in [-0.1, -0.05) is 37.7 Å². The Morgan fingerprint density at radius 2 is 2.00 bits per heavy atom. The third-order valence-corrected chi connectivity index (χ3v) is 7.93. The van der Waals surface area contributed by atoms with E-state index >= 15 is 0 Å². The smallest absolute Gasteiger partial charge is 0.251 e. The predicted octanol–water partition coefficient (Wildman–Crippen LogP) is 2.86. The molecule has 2 aliphatic rings. The predicted molar refractivity (Wildman–Crippen MR) is 99.2 cm³/mol. The van der Waals surface area contributed by atoms with Crippen LogP contribution in [0, 0.1) is 11.7 Å². The zero-order valence-electron chi connectivity index (χ0n) is 14.2. The minimum Gasteiger partial charge on any atom is -0.313 e. The van der Waals surface area contributed by atoms with Crippen molar-refractivity contribution < 1.29 is 17.6 Å². The van der Waals surface area contributed by atoms with Gasteiger partial charge in [0.25, 0.3) is 5.91 Å². The molecule has 1 aromatic rings. The van der Waals surface area contributed by atoms with Crippen LogP contribution in [0.15, 0.2) is 29.3 Å². The Bertz CT molecular complexity index is 806. The summed E-state index contributed by atoms with van der Waals surface area (Å²) in [5.41, 5.74) is 0.274. The summed E-state index contributed by atoms with van der Waals surface area (Å²) in [5, 5.41) is 0.185. The molecule has 5 nitrogen and oxygen atoms in total. The summed E-state index contributed by atoms with van der Waals surface area (Å²) in [4.78, 5) is 18.3. The molecule has 0 aliphatic carbocycles. The highest BCUT2D eigenvalue weighted by Gasteiger charge is 2.50. The Balaban J connectivity index is 2.01. The Morgan fingerprint density at radius 1 is 1.32 bits per heavy atom. The van der Waals surface area contributed by atoms with E-state index in [1.54, 1.807) is 23.1 Å². The standard InChI is InChI=1S/C17H21FN2O3S2/c1-3-11(4-2)16(21)19-17-20(13-8-6-5-7-12(13)18)14-9-25(22,23)10-15(14)24-17/h5-8,11,14-15H,3-4,9-10H2,1-2H3/t14-,15+/m1/s1. The maximum atomic E-state index is 14.4. The van der Waals surface area contributed by atoms with Crippen molar-refractivity contribution in [2.45, 2.75) is 38.0 Å². The van der Waals surface area contributed by atoms with Gasteiger partial charge in [-0.05, 0) is 25.0 Å². The molecule has 3 rings (SSSR count). The van der Waals surface area contributed by atoms with Crippen LogP contribution in [0.3, 0.4) is 0 Å². The highest BCUT2D eigenvalue weighted by molar-refractivity contribution is 8.16. The molecular weight excluding hydrogens is 363 g/mol. The molecule has 1 aromatic carbocycles. The van der Waals surface area contributed by atoms with Gasteiger partial charge in [-0.25, -0.2) is 12.8 Å². The summed E-state index contributed by atoms with van der Waals surface area (Å²) in [7, 11) is -3.16. The Morgan fingerprint density at radius 3 is 2.64 bits per heavy atom. The van der Waals surface area contributed by atoms with Crippen LogP contribution in [0.2, 0.25) is 0 Å². The lowest BCUT2D eigenvalue weighted by Gasteiger charge is -2.25. The lowest BCUT2D eigenvalue weighted by atomic mass is 10.0. The number of hydrogen-bond acceptors (Lipinski definition) is 4. The number of carbonyl (C=O) groups is 1. The second-order valence-corrected chi connectivity index (χ2v) is 9.73. The molecule has 136 valence electrons. The van der Waals surface area contributed by atoms with Gasteiger partial charge < -0.3 is 4.90 Å². The van der Waals surface area contributed by atoms with Crippen molar-refractivity contribution in [1.29, 1.82) is 0 Å². The van der Waals surface area contributed by atoms with Crippen LogP contribution < -0.4 is 4.90 Å². The second-order valence-electron chi connectivity index (χ2n) is 6.37. The number of rotatable bonds is 4. The number of aliphatic imine (C=N–C) groups is 1. The van der Waals surface area contributed by atoms with Crippen LogP contribution in [0.1, 0.15) is 26.7 Å². The lowest BCUT2D eigenvalue weighted by Crippen LogP contribution is -2.38. The quantitative estimate of drug-likeness (QED) is 0.799. The SMILES string of the molecule is CCC(CC)C(=O)N=C1S[C@H]2CS(=O)(=O)C[C@H]2N1c1ccccc1F. The molecule has 0 radical (unpaired) electrons. The summed E-state index contributed by atoms with van der Waals surface area (Å²) in [5.74, 6) is -0.852. The number of hydrogen-bond donors (Lipinski definition) is 0. The maximum absolute atomic E-state index is 14.4. The molecule has 2 saturated heterocycles. The zero-order valence-corrected chi connectivity index (χ0v) is 15.8. The van der Waals surface area contributed by atoms with Crippen molar-refractivity contribution in [2.24, 2.45) is 10.9 Å². The fraction of sp³-hybridized carbons (Fsp3) is 0.529. The number of amides is 1. The van der Waals surface area contributed by atoms with Gasteiger partial charge in [-0.2, -0.15) is 4.99 Å². The van der Waals surface area contributed by atoms with Crippen LogP contribution >= 0.6 is 11.8 Å². The third kappa shape index (κ3) is 3.60. The number of anilines is 1. The van der Waals surface area contributed by atoms with Gasteiger partial charge in [0.05, 0.1) is 23.2 Å².